The first-order valence-electron chi connectivity index (χ1n) is 7.74. The van der Waals surface area contributed by atoms with Gasteiger partial charge in [0.1, 0.15) is 5.82 Å². The molecular formula is C16H18N6O3. The van der Waals surface area contributed by atoms with E-state index in [1.807, 2.05) is 6.07 Å². The number of benzene rings is 1. The summed E-state index contributed by atoms with van der Waals surface area (Å²) in [6, 6.07) is 8.09. The Balaban J connectivity index is 1.92. The molecule has 2 aromatic heterocycles. The zero-order valence-electron chi connectivity index (χ0n) is 13.7. The molecule has 0 bridgehead atoms. The molecule has 9 heteroatoms. The number of nitrogens with zero attached hydrogens (tertiary/aromatic N) is 3. The number of aromatic nitrogens is 3. The SMILES string of the molecule is CC(O)[C@H](C)Nc1ccc([N+](=O)[O-])c(Nc2ccc3cn[nH]c3c2)n1. The molecule has 0 aliphatic rings. The van der Waals surface area contributed by atoms with Crippen LogP contribution in [0.4, 0.5) is 23.0 Å². The summed E-state index contributed by atoms with van der Waals surface area (Å²) < 4.78 is 0. The summed E-state index contributed by atoms with van der Waals surface area (Å²) >= 11 is 0. The van der Waals surface area contributed by atoms with Crippen LogP contribution >= 0.6 is 0 Å². The van der Waals surface area contributed by atoms with Gasteiger partial charge in [0.15, 0.2) is 0 Å². The van der Waals surface area contributed by atoms with Crippen molar-refractivity contribution in [3.63, 3.8) is 0 Å². The van der Waals surface area contributed by atoms with Crippen LogP contribution < -0.4 is 10.6 Å². The molecule has 0 spiro atoms. The molecule has 4 N–H and O–H groups in total. The molecule has 3 aromatic rings. The van der Waals surface area contributed by atoms with Crippen LogP contribution in [0.25, 0.3) is 10.9 Å². The van der Waals surface area contributed by atoms with Crippen LogP contribution in [0.15, 0.2) is 36.5 Å². The van der Waals surface area contributed by atoms with Crippen molar-refractivity contribution in [2.24, 2.45) is 0 Å². The van der Waals surface area contributed by atoms with Gasteiger partial charge in [0.05, 0.1) is 28.8 Å². The fourth-order valence-electron chi connectivity index (χ4n) is 2.28. The number of nitro groups is 1. The predicted octanol–water partition coefficient (Wildman–Crippen LogP) is 2.79. The second-order valence-electron chi connectivity index (χ2n) is 5.79. The van der Waals surface area contributed by atoms with Gasteiger partial charge in [-0.25, -0.2) is 4.98 Å². The number of pyridine rings is 1. The van der Waals surface area contributed by atoms with E-state index in [-0.39, 0.29) is 17.5 Å². The number of hydrogen-bond donors (Lipinski definition) is 4. The van der Waals surface area contributed by atoms with E-state index in [0.29, 0.717) is 11.5 Å². The number of fused-ring (bicyclic) bond motifs is 1. The summed E-state index contributed by atoms with van der Waals surface area (Å²) in [6.45, 7) is 3.45. The Labute approximate surface area is 143 Å². The van der Waals surface area contributed by atoms with E-state index in [0.717, 1.165) is 10.9 Å². The van der Waals surface area contributed by atoms with Crippen molar-refractivity contribution in [1.82, 2.24) is 15.2 Å². The molecule has 0 aliphatic carbocycles. The summed E-state index contributed by atoms with van der Waals surface area (Å²) in [7, 11) is 0. The number of anilines is 3. The number of hydrogen-bond acceptors (Lipinski definition) is 7. The minimum absolute atomic E-state index is 0.117. The Morgan fingerprint density at radius 3 is 2.80 bits per heavy atom. The molecule has 1 unspecified atom stereocenters. The van der Waals surface area contributed by atoms with E-state index in [1.54, 1.807) is 32.2 Å². The van der Waals surface area contributed by atoms with Gasteiger partial charge in [-0.3, -0.25) is 15.2 Å². The monoisotopic (exact) mass is 342 g/mol. The maximum absolute atomic E-state index is 11.3. The van der Waals surface area contributed by atoms with Crippen LogP contribution in [0.2, 0.25) is 0 Å². The first kappa shape index (κ1) is 16.7. The molecule has 2 atom stereocenters. The van der Waals surface area contributed by atoms with Crippen molar-refractivity contribution in [3.8, 4) is 0 Å². The molecule has 0 radical (unpaired) electrons. The number of aromatic amines is 1. The third-order valence-electron chi connectivity index (χ3n) is 3.87. The number of rotatable bonds is 6. The summed E-state index contributed by atoms with van der Waals surface area (Å²) in [6.07, 6.45) is 1.11. The summed E-state index contributed by atoms with van der Waals surface area (Å²) in [5.41, 5.74) is 1.32. The first-order valence-corrected chi connectivity index (χ1v) is 7.74. The van der Waals surface area contributed by atoms with Crippen LogP contribution in [0, 0.1) is 10.1 Å². The van der Waals surface area contributed by atoms with Gasteiger partial charge in [-0.2, -0.15) is 5.10 Å². The molecule has 0 aliphatic heterocycles. The van der Waals surface area contributed by atoms with E-state index in [2.05, 4.69) is 25.8 Å². The summed E-state index contributed by atoms with van der Waals surface area (Å²) in [5.74, 6) is 0.552. The van der Waals surface area contributed by atoms with Gasteiger partial charge in [-0.15, -0.1) is 0 Å². The molecule has 130 valence electrons. The van der Waals surface area contributed by atoms with Gasteiger partial charge < -0.3 is 15.7 Å². The van der Waals surface area contributed by atoms with Gasteiger partial charge in [-0.1, -0.05) is 0 Å². The highest BCUT2D eigenvalue weighted by atomic mass is 16.6. The highest BCUT2D eigenvalue weighted by molar-refractivity contribution is 5.83. The topological polar surface area (TPSA) is 129 Å². The van der Waals surface area contributed by atoms with Crippen molar-refractivity contribution < 1.29 is 10.0 Å². The average molecular weight is 342 g/mol. The molecule has 1 aromatic carbocycles. The van der Waals surface area contributed by atoms with Crippen LogP contribution in [0.1, 0.15) is 13.8 Å². The lowest BCUT2D eigenvalue weighted by Gasteiger charge is -2.17. The van der Waals surface area contributed by atoms with Gasteiger partial charge in [0.25, 0.3) is 0 Å². The fraction of sp³-hybridized carbons (Fsp3) is 0.250. The second-order valence-corrected chi connectivity index (χ2v) is 5.79. The van der Waals surface area contributed by atoms with Crippen molar-refractivity contribution in [3.05, 3.63) is 46.6 Å². The van der Waals surface area contributed by atoms with Crippen molar-refractivity contribution in [2.45, 2.75) is 26.0 Å². The third-order valence-corrected chi connectivity index (χ3v) is 3.87. The maximum Gasteiger partial charge on any atom is 0.311 e. The van der Waals surface area contributed by atoms with Crippen LogP contribution in [-0.2, 0) is 0 Å². The molecule has 0 saturated heterocycles. The molecule has 3 rings (SSSR count). The molecule has 0 fully saturated rings. The number of aliphatic hydroxyl groups is 1. The standard InChI is InChI=1S/C16H18N6O3/c1-9(10(2)23)18-15-6-5-14(22(24)25)16(20-15)19-12-4-3-11-8-17-21-13(11)7-12/h3-10,23H,1-2H3,(H,17,21)(H2,18,19,20)/t9-,10?/m0/s1. The van der Waals surface area contributed by atoms with E-state index >= 15 is 0 Å². The van der Waals surface area contributed by atoms with E-state index in [1.165, 1.54) is 12.1 Å². The Hall–Kier alpha value is -3.20. The minimum Gasteiger partial charge on any atom is -0.391 e. The van der Waals surface area contributed by atoms with E-state index < -0.39 is 11.0 Å². The predicted molar refractivity (Wildman–Crippen MR) is 95.0 cm³/mol. The molecule has 0 amide bonds. The molecule has 25 heavy (non-hydrogen) atoms. The van der Waals surface area contributed by atoms with Crippen LogP contribution in [0.5, 0.6) is 0 Å². The molecular weight excluding hydrogens is 324 g/mol. The smallest absolute Gasteiger partial charge is 0.311 e. The summed E-state index contributed by atoms with van der Waals surface area (Å²) in [5, 5.41) is 34.6. The lowest BCUT2D eigenvalue weighted by molar-refractivity contribution is -0.384. The molecule has 0 saturated carbocycles. The fourth-order valence-corrected chi connectivity index (χ4v) is 2.28. The molecule has 2 heterocycles. The van der Waals surface area contributed by atoms with Gasteiger partial charge in [0, 0.05) is 17.1 Å². The maximum atomic E-state index is 11.3. The lowest BCUT2D eigenvalue weighted by atomic mass is 10.2. The second kappa shape index (κ2) is 6.73. The Morgan fingerprint density at radius 1 is 1.28 bits per heavy atom. The Bertz CT molecular complexity index is 908. The Morgan fingerprint density at radius 2 is 2.08 bits per heavy atom. The third kappa shape index (κ3) is 3.66. The lowest BCUT2D eigenvalue weighted by Crippen LogP contribution is -2.28. The van der Waals surface area contributed by atoms with Gasteiger partial charge >= 0.3 is 5.69 Å². The zero-order valence-corrected chi connectivity index (χ0v) is 13.7. The zero-order chi connectivity index (χ0) is 18.0. The molecule has 9 nitrogen and oxygen atoms in total. The van der Waals surface area contributed by atoms with Crippen molar-refractivity contribution in [2.75, 3.05) is 10.6 Å². The van der Waals surface area contributed by atoms with Crippen molar-refractivity contribution >= 4 is 33.9 Å². The van der Waals surface area contributed by atoms with Gasteiger partial charge in [-0.05, 0) is 38.1 Å². The number of nitrogens with one attached hydrogen (secondary N) is 3. The van der Waals surface area contributed by atoms with Crippen molar-refractivity contribution in [1.29, 1.82) is 0 Å². The largest absolute Gasteiger partial charge is 0.391 e. The minimum atomic E-state index is -0.587. The van der Waals surface area contributed by atoms with Crippen LogP contribution in [0.3, 0.4) is 0 Å². The first-order chi connectivity index (χ1) is 11.9. The highest BCUT2D eigenvalue weighted by Crippen LogP contribution is 2.28. The number of H-pyrrole nitrogens is 1. The average Bonchev–Trinajstić information content (AvgIpc) is 3.02. The number of aliphatic hydroxyl groups excluding tert-OH is 1. The Kier molecular flexibility index (Phi) is 4.48. The van der Waals surface area contributed by atoms with E-state index in [4.69, 9.17) is 0 Å². The van der Waals surface area contributed by atoms with Gasteiger partial charge in [0.2, 0.25) is 5.82 Å². The highest BCUT2D eigenvalue weighted by Gasteiger charge is 2.18. The van der Waals surface area contributed by atoms with E-state index in [9.17, 15) is 15.2 Å². The van der Waals surface area contributed by atoms with Crippen LogP contribution in [-0.4, -0.2) is 37.4 Å². The normalized spacial score (nSPS) is 13.4. The summed E-state index contributed by atoms with van der Waals surface area (Å²) in [4.78, 5) is 15.1. The quantitative estimate of drug-likeness (QED) is 0.400.